The summed E-state index contributed by atoms with van der Waals surface area (Å²) in [7, 11) is 0. The summed E-state index contributed by atoms with van der Waals surface area (Å²) in [4.78, 5) is 38.2. The Balaban J connectivity index is 4.43. The molecule has 0 N–H and O–H groups in total. The molecule has 0 spiro atoms. The largest absolute Gasteiger partial charge is 0.462 e. The van der Waals surface area contributed by atoms with Crippen molar-refractivity contribution in [2.75, 3.05) is 13.2 Å². The van der Waals surface area contributed by atoms with Crippen molar-refractivity contribution in [1.29, 1.82) is 0 Å². The number of carbonyl (C=O) groups excluding carboxylic acids is 3. The molecule has 0 rings (SSSR count). The Morgan fingerprint density at radius 3 is 0.928 bits per heavy atom. The van der Waals surface area contributed by atoms with Gasteiger partial charge in [-0.1, -0.05) is 228 Å². The number of rotatable bonds is 52. The van der Waals surface area contributed by atoms with Crippen molar-refractivity contribution in [2.24, 2.45) is 0 Å². The summed E-state index contributed by atoms with van der Waals surface area (Å²) in [6.07, 6.45) is 74.2. The summed E-state index contributed by atoms with van der Waals surface area (Å²) >= 11 is 0. The Hall–Kier alpha value is -3.41. The third kappa shape index (κ3) is 55.4. The van der Waals surface area contributed by atoms with Crippen molar-refractivity contribution in [3.63, 3.8) is 0 Å². The van der Waals surface area contributed by atoms with Crippen LogP contribution in [0, 0.1) is 0 Å². The monoisotopic (exact) mass is 961 g/mol. The van der Waals surface area contributed by atoms with Gasteiger partial charge in [-0.15, -0.1) is 0 Å². The van der Waals surface area contributed by atoms with E-state index in [1.165, 1.54) is 135 Å². The summed E-state index contributed by atoms with van der Waals surface area (Å²) in [5.41, 5.74) is 0. The van der Waals surface area contributed by atoms with Gasteiger partial charge < -0.3 is 14.2 Å². The first-order chi connectivity index (χ1) is 34.0. The second kappa shape index (κ2) is 57.2. The lowest BCUT2D eigenvalue weighted by Crippen LogP contribution is -2.30. The van der Waals surface area contributed by atoms with Crippen LogP contribution in [-0.4, -0.2) is 37.2 Å². The highest BCUT2D eigenvalue weighted by atomic mass is 16.6. The summed E-state index contributed by atoms with van der Waals surface area (Å²) in [6, 6.07) is 0. The first kappa shape index (κ1) is 65.6. The van der Waals surface area contributed by atoms with E-state index in [-0.39, 0.29) is 31.1 Å². The Kier molecular flexibility index (Phi) is 54.3. The van der Waals surface area contributed by atoms with Crippen LogP contribution in [-0.2, 0) is 28.6 Å². The van der Waals surface area contributed by atoms with Crippen LogP contribution in [0.15, 0.2) is 85.1 Å². The van der Waals surface area contributed by atoms with Gasteiger partial charge in [0.15, 0.2) is 6.10 Å². The zero-order valence-corrected chi connectivity index (χ0v) is 45.3. The highest BCUT2D eigenvalue weighted by molar-refractivity contribution is 5.71. The van der Waals surface area contributed by atoms with Gasteiger partial charge in [-0.05, 0) is 116 Å². The van der Waals surface area contributed by atoms with Crippen molar-refractivity contribution in [3.05, 3.63) is 85.1 Å². The van der Waals surface area contributed by atoms with Crippen LogP contribution in [0.5, 0.6) is 0 Å². The van der Waals surface area contributed by atoms with E-state index in [9.17, 15) is 14.4 Å². The Morgan fingerprint density at radius 1 is 0.304 bits per heavy atom. The second-order valence-corrected chi connectivity index (χ2v) is 19.2. The molecule has 0 fully saturated rings. The van der Waals surface area contributed by atoms with E-state index in [2.05, 4.69) is 106 Å². The first-order valence-electron chi connectivity index (χ1n) is 29.1. The third-order valence-corrected chi connectivity index (χ3v) is 12.4. The number of esters is 3. The van der Waals surface area contributed by atoms with Crippen LogP contribution in [0.3, 0.4) is 0 Å². The van der Waals surface area contributed by atoms with Crippen LogP contribution in [0.25, 0.3) is 0 Å². The predicted octanol–water partition coefficient (Wildman–Crippen LogP) is 19.5. The van der Waals surface area contributed by atoms with Gasteiger partial charge in [0.05, 0.1) is 0 Å². The molecular weight excluding hydrogens is 853 g/mol. The number of carbonyl (C=O) groups is 3. The van der Waals surface area contributed by atoms with Gasteiger partial charge in [-0.2, -0.15) is 0 Å². The quantitative estimate of drug-likeness (QED) is 0.0262. The molecule has 0 aromatic heterocycles. The normalized spacial score (nSPS) is 12.7. The average molecular weight is 962 g/mol. The summed E-state index contributed by atoms with van der Waals surface area (Å²) in [5, 5.41) is 0. The molecule has 6 heteroatoms. The Labute approximate surface area is 426 Å². The minimum atomic E-state index is -0.794. The van der Waals surface area contributed by atoms with Crippen LogP contribution in [0.2, 0.25) is 0 Å². The molecule has 0 aromatic carbocycles. The fraction of sp³-hybridized carbons (Fsp3) is 0.730. The van der Waals surface area contributed by atoms with E-state index in [0.717, 1.165) is 103 Å². The topological polar surface area (TPSA) is 78.9 Å². The van der Waals surface area contributed by atoms with Gasteiger partial charge in [0, 0.05) is 19.3 Å². The van der Waals surface area contributed by atoms with Crippen LogP contribution < -0.4 is 0 Å². The standard InChI is InChI=1S/C63H108O6/c1-4-7-10-13-16-19-22-25-28-30-31-33-35-38-41-44-47-50-53-56-62(65)68-59-60(58-67-61(64)55-52-49-46-43-40-37-34-27-24-21-18-15-12-9-6-3)69-63(66)57-54-51-48-45-42-39-36-32-29-26-23-20-17-14-11-8-5-2/h8,11,16-17,19-21,24-26,28-29,36,39,60H,4-7,9-10,12-15,18,22-23,27,30-35,37-38,40-59H2,1-3H3/b11-8-,19-16-,20-17-,24-21-,28-25-,29-26-,39-36-/t60-/m0/s1. The number of unbranched alkanes of at least 4 members (excludes halogenated alkanes) is 27. The van der Waals surface area contributed by atoms with Crippen LogP contribution in [0.4, 0.5) is 0 Å². The molecule has 1 atom stereocenters. The lowest BCUT2D eigenvalue weighted by atomic mass is 10.1. The molecule has 0 bridgehead atoms. The lowest BCUT2D eigenvalue weighted by molar-refractivity contribution is -0.167. The number of hydrogen-bond acceptors (Lipinski definition) is 6. The molecule has 6 nitrogen and oxygen atoms in total. The van der Waals surface area contributed by atoms with Gasteiger partial charge in [0.2, 0.25) is 0 Å². The first-order valence-corrected chi connectivity index (χ1v) is 29.1. The van der Waals surface area contributed by atoms with E-state index < -0.39 is 6.10 Å². The molecule has 0 saturated carbocycles. The molecule has 0 heterocycles. The number of allylic oxidation sites excluding steroid dienone is 14. The zero-order valence-electron chi connectivity index (χ0n) is 45.3. The maximum atomic E-state index is 12.9. The van der Waals surface area contributed by atoms with E-state index >= 15 is 0 Å². The molecule has 0 saturated heterocycles. The minimum absolute atomic E-state index is 0.0898. The Morgan fingerprint density at radius 2 is 0.565 bits per heavy atom. The van der Waals surface area contributed by atoms with Crippen LogP contribution >= 0.6 is 0 Å². The molecular formula is C63H108O6. The maximum Gasteiger partial charge on any atom is 0.306 e. The fourth-order valence-corrected chi connectivity index (χ4v) is 7.99. The highest BCUT2D eigenvalue weighted by Gasteiger charge is 2.19. The van der Waals surface area contributed by atoms with E-state index in [0.29, 0.717) is 19.3 Å². The van der Waals surface area contributed by atoms with E-state index in [4.69, 9.17) is 14.2 Å². The number of hydrogen-bond donors (Lipinski definition) is 0. The van der Waals surface area contributed by atoms with Gasteiger partial charge >= 0.3 is 17.9 Å². The molecule has 0 aliphatic carbocycles. The summed E-state index contributed by atoms with van der Waals surface area (Å²) < 4.78 is 16.9. The van der Waals surface area contributed by atoms with Gasteiger partial charge in [0.1, 0.15) is 13.2 Å². The SMILES string of the molecule is CC/C=C\C/C=C\C/C=C\C/C=C\CCCCCCC(=O)O[C@@H](COC(=O)CCCCCCCCC/C=C\CCCCCC)COC(=O)CCCCCCCCCCC/C=C\C/C=C\CCCCC. The van der Waals surface area contributed by atoms with Crippen molar-refractivity contribution in [3.8, 4) is 0 Å². The molecule has 69 heavy (non-hydrogen) atoms. The zero-order chi connectivity index (χ0) is 50.0. The van der Waals surface area contributed by atoms with Crippen molar-refractivity contribution in [1.82, 2.24) is 0 Å². The maximum absolute atomic E-state index is 12.9. The molecule has 0 aromatic rings. The van der Waals surface area contributed by atoms with Crippen molar-refractivity contribution >= 4 is 17.9 Å². The molecule has 0 aliphatic rings. The van der Waals surface area contributed by atoms with Gasteiger partial charge in [0.25, 0.3) is 0 Å². The van der Waals surface area contributed by atoms with E-state index in [1.807, 2.05) is 0 Å². The van der Waals surface area contributed by atoms with Gasteiger partial charge in [-0.25, -0.2) is 0 Å². The smallest absolute Gasteiger partial charge is 0.306 e. The molecule has 0 aliphatic heterocycles. The average Bonchev–Trinajstić information content (AvgIpc) is 3.35. The van der Waals surface area contributed by atoms with Gasteiger partial charge in [-0.3, -0.25) is 14.4 Å². The molecule has 0 radical (unpaired) electrons. The minimum Gasteiger partial charge on any atom is -0.462 e. The molecule has 0 amide bonds. The summed E-state index contributed by atoms with van der Waals surface area (Å²) in [5.74, 6) is -0.916. The lowest BCUT2D eigenvalue weighted by Gasteiger charge is -2.18. The third-order valence-electron chi connectivity index (χ3n) is 12.4. The summed E-state index contributed by atoms with van der Waals surface area (Å²) in [6.45, 7) is 6.48. The van der Waals surface area contributed by atoms with Crippen LogP contribution in [0.1, 0.15) is 278 Å². The second-order valence-electron chi connectivity index (χ2n) is 19.2. The Bertz CT molecular complexity index is 1330. The predicted molar refractivity (Wildman–Crippen MR) is 297 cm³/mol. The molecule has 0 unspecified atom stereocenters. The van der Waals surface area contributed by atoms with Crippen molar-refractivity contribution < 1.29 is 28.6 Å². The number of ether oxygens (including phenoxy) is 3. The fourth-order valence-electron chi connectivity index (χ4n) is 7.99. The molecule has 396 valence electrons. The van der Waals surface area contributed by atoms with E-state index in [1.54, 1.807) is 0 Å². The van der Waals surface area contributed by atoms with Crippen molar-refractivity contribution in [2.45, 2.75) is 284 Å². The highest BCUT2D eigenvalue weighted by Crippen LogP contribution is 2.15.